The van der Waals surface area contributed by atoms with Crippen LogP contribution in [-0.2, 0) is 4.79 Å². The third kappa shape index (κ3) is 4.21. The summed E-state index contributed by atoms with van der Waals surface area (Å²) in [5, 5.41) is 0. The number of rotatable bonds is 4. The van der Waals surface area contributed by atoms with E-state index in [1.807, 2.05) is 73.7 Å². The molecule has 3 aromatic rings. The minimum absolute atomic E-state index is 0.0543. The van der Waals surface area contributed by atoms with Gasteiger partial charge in [0.2, 0.25) is 5.91 Å². The van der Waals surface area contributed by atoms with Crippen molar-refractivity contribution in [3.05, 3.63) is 89.0 Å². The van der Waals surface area contributed by atoms with Crippen molar-refractivity contribution in [3.63, 3.8) is 0 Å². The lowest BCUT2D eigenvalue weighted by Gasteiger charge is -2.23. The molecule has 1 amide bonds. The Morgan fingerprint density at radius 2 is 1.53 bits per heavy atom. The molecule has 0 radical (unpaired) electrons. The highest BCUT2D eigenvalue weighted by Crippen LogP contribution is 2.37. The molecule has 160 valence electrons. The Bertz CT molecular complexity index is 1220. The van der Waals surface area contributed by atoms with Crippen LogP contribution < -0.4 is 14.4 Å². The molecule has 3 aromatic carbocycles. The molecule has 0 aliphatic carbocycles. The van der Waals surface area contributed by atoms with Crippen molar-refractivity contribution in [2.24, 2.45) is 4.99 Å². The van der Waals surface area contributed by atoms with Gasteiger partial charge in [-0.05, 0) is 37.3 Å². The number of benzodiazepines with no additional fused rings is 1. The summed E-state index contributed by atoms with van der Waals surface area (Å²) in [6, 6.07) is 21.5. The second-order valence-electron chi connectivity index (χ2n) is 7.22. The molecule has 0 unspecified atom stereocenters. The monoisotopic (exact) mass is 424 g/mol. The smallest absolute Gasteiger partial charge is 0.248 e. The number of aliphatic imine (C=N–C) groups is 1. The van der Waals surface area contributed by atoms with Gasteiger partial charge >= 0.3 is 0 Å². The largest absolute Gasteiger partial charge is 0.493 e. The summed E-state index contributed by atoms with van der Waals surface area (Å²) in [5.74, 6) is 7.47. The fourth-order valence-electron chi connectivity index (χ4n) is 3.70. The first-order valence-electron chi connectivity index (χ1n) is 10.4. The lowest BCUT2D eigenvalue weighted by Crippen LogP contribution is -2.32. The molecule has 1 aliphatic rings. The van der Waals surface area contributed by atoms with Gasteiger partial charge < -0.3 is 14.4 Å². The zero-order chi connectivity index (χ0) is 22.5. The van der Waals surface area contributed by atoms with Crippen LogP contribution in [0.3, 0.4) is 0 Å². The molecule has 0 saturated carbocycles. The standard InChI is InChI=1S/C27H24N2O3/c1-4-29-23-17-25(32-3)24(31-2)16-22(23)27(28-18-26(29)30)21-14-12-20(13-15-21)11-10-19-8-6-5-7-9-19/h5-9,12-17H,4,18H2,1-3H3. The number of likely N-dealkylation sites (N-methyl/N-ethyl adjacent to an activating group) is 1. The first-order chi connectivity index (χ1) is 15.6. The second kappa shape index (κ2) is 9.40. The van der Waals surface area contributed by atoms with Crippen molar-refractivity contribution >= 4 is 17.3 Å². The number of fused-ring (bicyclic) bond motifs is 1. The van der Waals surface area contributed by atoms with Gasteiger partial charge in [-0.2, -0.15) is 0 Å². The number of ether oxygens (including phenoxy) is 2. The van der Waals surface area contributed by atoms with Crippen molar-refractivity contribution < 1.29 is 14.3 Å². The number of benzene rings is 3. The van der Waals surface area contributed by atoms with Gasteiger partial charge in [0, 0.05) is 34.9 Å². The van der Waals surface area contributed by atoms with Gasteiger partial charge in [0.15, 0.2) is 11.5 Å². The van der Waals surface area contributed by atoms with Crippen LogP contribution in [-0.4, -0.2) is 38.9 Å². The molecule has 0 N–H and O–H groups in total. The number of amides is 1. The summed E-state index contributed by atoms with van der Waals surface area (Å²) in [5.41, 5.74) is 5.13. The van der Waals surface area contributed by atoms with Crippen molar-refractivity contribution in [1.82, 2.24) is 0 Å². The quantitative estimate of drug-likeness (QED) is 0.587. The Balaban J connectivity index is 1.75. The molecule has 0 fully saturated rings. The van der Waals surface area contributed by atoms with E-state index in [1.54, 1.807) is 19.1 Å². The van der Waals surface area contributed by atoms with Gasteiger partial charge in [-0.25, -0.2) is 0 Å². The van der Waals surface area contributed by atoms with Crippen LogP contribution in [0.15, 0.2) is 71.7 Å². The summed E-state index contributed by atoms with van der Waals surface area (Å²) in [7, 11) is 3.18. The van der Waals surface area contributed by atoms with E-state index in [-0.39, 0.29) is 12.5 Å². The van der Waals surface area contributed by atoms with Crippen LogP contribution in [0.5, 0.6) is 11.5 Å². The normalized spacial score (nSPS) is 12.8. The van der Waals surface area contributed by atoms with Gasteiger partial charge in [0.1, 0.15) is 6.54 Å². The molecule has 5 heteroatoms. The summed E-state index contributed by atoms with van der Waals surface area (Å²) in [6.07, 6.45) is 0. The maximum atomic E-state index is 12.7. The minimum atomic E-state index is -0.0543. The van der Waals surface area contributed by atoms with Crippen molar-refractivity contribution in [1.29, 1.82) is 0 Å². The van der Waals surface area contributed by atoms with E-state index >= 15 is 0 Å². The number of anilines is 1. The summed E-state index contributed by atoms with van der Waals surface area (Å²) >= 11 is 0. The average molecular weight is 425 g/mol. The summed E-state index contributed by atoms with van der Waals surface area (Å²) < 4.78 is 11.0. The molecule has 1 aliphatic heterocycles. The van der Waals surface area contributed by atoms with Crippen LogP contribution in [0.1, 0.15) is 29.2 Å². The van der Waals surface area contributed by atoms with E-state index in [2.05, 4.69) is 16.8 Å². The Morgan fingerprint density at radius 3 is 2.16 bits per heavy atom. The Hall–Kier alpha value is -4.04. The van der Waals surface area contributed by atoms with E-state index in [9.17, 15) is 4.79 Å². The van der Waals surface area contributed by atoms with Crippen LogP contribution in [0.4, 0.5) is 5.69 Å². The molecule has 32 heavy (non-hydrogen) atoms. The van der Waals surface area contributed by atoms with E-state index < -0.39 is 0 Å². The number of nitrogens with zero attached hydrogens (tertiary/aromatic N) is 2. The predicted octanol–water partition coefficient (Wildman–Crippen LogP) is 4.31. The maximum absolute atomic E-state index is 12.7. The zero-order valence-corrected chi connectivity index (χ0v) is 18.4. The maximum Gasteiger partial charge on any atom is 0.248 e. The van der Waals surface area contributed by atoms with Crippen LogP contribution in [0.25, 0.3) is 0 Å². The lowest BCUT2D eigenvalue weighted by molar-refractivity contribution is -0.117. The van der Waals surface area contributed by atoms with Crippen molar-refractivity contribution in [3.8, 4) is 23.3 Å². The molecule has 0 saturated heterocycles. The number of hydrogen-bond acceptors (Lipinski definition) is 4. The Morgan fingerprint density at radius 1 is 0.906 bits per heavy atom. The van der Waals surface area contributed by atoms with E-state index in [0.717, 1.165) is 33.7 Å². The third-order valence-corrected chi connectivity index (χ3v) is 5.32. The molecular weight excluding hydrogens is 400 g/mol. The van der Waals surface area contributed by atoms with E-state index in [0.29, 0.717) is 18.0 Å². The SMILES string of the molecule is CCN1C(=O)CN=C(c2ccc(C#Cc3ccccc3)cc2)c2cc(OC)c(OC)cc21. The average Bonchev–Trinajstić information content (AvgIpc) is 2.98. The number of methoxy groups -OCH3 is 2. The Labute approximate surface area is 188 Å². The molecule has 5 nitrogen and oxygen atoms in total. The summed E-state index contributed by atoms with van der Waals surface area (Å²) in [4.78, 5) is 19.1. The van der Waals surface area contributed by atoms with Crippen LogP contribution >= 0.6 is 0 Å². The molecule has 0 aromatic heterocycles. The highest BCUT2D eigenvalue weighted by molar-refractivity contribution is 6.20. The second-order valence-corrected chi connectivity index (χ2v) is 7.22. The Kier molecular flexibility index (Phi) is 6.23. The third-order valence-electron chi connectivity index (χ3n) is 5.32. The molecule has 4 rings (SSSR count). The molecule has 1 heterocycles. The number of carbonyl (C=O) groups excluding carboxylic acids is 1. The van der Waals surface area contributed by atoms with Gasteiger partial charge in [0.25, 0.3) is 0 Å². The van der Waals surface area contributed by atoms with Gasteiger partial charge in [-0.1, -0.05) is 42.2 Å². The van der Waals surface area contributed by atoms with Crippen molar-refractivity contribution in [2.75, 3.05) is 32.2 Å². The molecular formula is C27H24N2O3. The first kappa shape index (κ1) is 21.2. The lowest BCUT2D eigenvalue weighted by atomic mass is 9.98. The van der Waals surface area contributed by atoms with E-state index in [1.165, 1.54) is 0 Å². The van der Waals surface area contributed by atoms with Crippen LogP contribution in [0.2, 0.25) is 0 Å². The van der Waals surface area contributed by atoms with Crippen LogP contribution in [0, 0.1) is 11.8 Å². The van der Waals surface area contributed by atoms with Crippen molar-refractivity contribution in [2.45, 2.75) is 6.92 Å². The molecule has 0 spiro atoms. The highest BCUT2D eigenvalue weighted by atomic mass is 16.5. The number of hydrogen-bond donors (Lipinski definition) is 0. The van der Waals surface area contributed by atoms with Gasteiger partial charge in [-0.15, -0.1) is 0 Å². The molecule has 0 atom stereocenters. The van der Waals surface area contributed by atoms with Gasteiger partial charge in [-0.3, -0.25) is 9.79 Å². The molecule has 0 bridgehead atoms. The zero-order valence-electron chi connectivity index (χ0n) is 18.4. The topological polar surface area (TPSA) is 51.1 Å². The fourth-order valence-corrected chi connectivity index (χ4v) is 3.70. The predicted molar refractivity (Wildman–Crippen MR) is 127 cm³/mol. The fraction of sp³-hybridized carbons (Fsp3) is 0.185. The van der Waals surface area contributed by atoms with Gasteiger partial charge in [0.05, 0.1) is 25.6 Å². The first-order valence-corrected chi connectivity index (χ1v) is 10.4. The van der Waals surface area contributed by atoms with E-state index in [4.69, 9.17) is 9.47 Å². The number of carbonyl (C=O) groups is 1. The summed E-state index contributed by atoms with van der Waals surface area (Å²) in [6.45, 7) is 2.57. The minimum Gasteiger partial charge on any atom is -0.493 e. The highest BCUT2D eigenvalue weighted by Gasteiger charge is 2.26.